The number of nitrogens with zero attached hydrogens (tertiary/aromatic N) is 3. The highest BCUT2D eigenvalue weighted by atomic mass is 19.3. The molecule has 2 heterocycles. The molecule has 3 rings (SSSR count). The Morgan fingerprint density at radius 2 is 1.89 bits per heavy atom. The van der Waals surface area contributed by atoms with Crippen molar-refractivity contribution < 1.29 is 29.3 Å². The summed E-state index contributed by atoms with van der Waals surface area (Å²) in [6, 6.07) is 3.73. The molecule has 2 aliphatic rings. The van der Waals surface area contributed by atoms with Crippen LogP contribution < -0.4 is 9.64 Å². The molecule has 2 atom stereocenters. The van der Waals surface area contributed by atoms with Crippen molar-refractivity contribution in [2.45, 2.75) is 33.0 Å². The van der Waals surface area contributed by atoms with Gasteiger partial charge in [0.2, 0.25) is 5.75 Å². The van der Waals surface area contributed by atoms with E-state index in [0.29, 0.717) is 31.9 Å². The molecule has 0 N–H and O–H groups in total. The Hall–Kier alpha value is -2.65. The molecule has 154 valence electrons. The van der Waals surface area contributed by atoms with Crippen molar-refractivity contribution >= 4 is 17.5 Å². The summed E-state index contributed by atoms with van der Waals surface area (Å²) in [6.45, 7) is 3.32. The van der Waals surface area contributed by atoms with E-state index in [-0.39, 0.29) is 17.9 Å². The van der Waals surface area contributed by atoms with Crippen LogP contribution in [0.3, 0.4) is 0 Å². The van der Waals surface area contributed by atoms with E-state index >= 15 is 0 Å². The summed E-state index contributed by atoms with van der Waals surface area (Å²) in [5.74, 6) is -0.292. The average Bonchev–Trinajstić information content (AvgIpc) is 3.10. The molecule has 0 radical (unpaired) electrons. The number of fused-ring (bicyclic) bond motifs is 1. The minimum atomic E-state index is -4.28. The lowest BCUT2D eigenvalue weighted by Crippen LogP contribution is -2.37. The van der Waals surface area contributed by atoms with Gasteiger partial charge in [-0.15, -0.1) is 0 Å². The van der Waals surface area contributed by atoms with Crippen LogP contribution in [-0.2, 0) is 4.74 Å². The average molecular weight is 400 g/mol. The Morgan fingerprint density at radius 1 is 1.29 bits per heavy atom. The van der Waals surface area contributed by atoms with Crippen LogP contribution >= 0.6 is 0 Å². The van der Waals surface area contributed by atoms with Gasteiger partial charge < -0.3 is 19.3 Å². The van der Waals surface area contributed by atoms with Gasteiger partial charge >= 0.3 is 18.4 Å². The molecule has 28 heavy (non-hydrogen) atoms. The van der Waals surface area contributed by atoms with Crippen LogP contribution in [0.4, 0.5) is 25.0 Å². The lowest BCUT2D eigenvalue weighted by atomic mass is 10.0. The van der Waals surface area contributed by atoms with Crippen LogP contribution in [0.1, 0.15) is 22.1 Å². The highest BCUT2D eigenvalue weighted by Gasteiger charge is 2.43. The van der Waals surface area contributed by atoms with Gasteiger partial charge in [-0.1, -0.05) is 0 Å². The van der Waals surface area contributed by atoms with Crippen molar-refractivity contribution in [3.8, 4) is 5.75 Å². The molecule has 1 aromatic carbocycles. The zero-order valence-electron chi connectivity index (χ0n) is 16.9. The van der Waals surface area contributed by atoms with E-state index in [1.54, 1.807) is 25.7 Å². The SMILES string of the molecule is [2H]C(F)(F)Oc1cc(N2C[C@H]3CN(C(=O)OC(C)(C)C)C[C@H]3C2)ccc1[N+](=O)[O-]. The predicted octanol–water partition coefficient (Wildman–Crippen LogP) is 3.50. The Kier molecular flexibility index (Phi) is 4.94. The number of hydrogen-bond donors (Lipinski definition) is 0. The van der Waals surface area contributed by atoms with E-state index in [1.807, 2.05) is 4.90 Å². The molecule has 2 fully saturated rings. The second-order valence-electron chi connectivity index (χ2n) is 8.05. The first-order valence-electron chi connectivity index (χ1n) is 9.40. The number of hydrogen-bond acceptors (Lipinski definition) is 6. The second kappa shape index (κ2) is 7.40. The number of carbonyl (C=O) groups is 1. The number of anilines is 1. The van der Waals surface area contributed by atoms with Gasteiger partial charge in [0, 0.05) is 55.8 Å². The maximum atomic E-state index is 12.9. The van der Waals surface area contributed by atoms with Gasteiger partial charge in [0.15, 0.2) is 1.37 Å². The zero-order chi connectivity index (χ0) is 21.6. The quantitative estimate of drug-likeness (QED) is 0.568. The molecule has 2 saturated heterocycles. The van der Waals surface area contributed by atoms with Crippen LogP contribution in [0.25, 0.3) is 0 Å². The van der Waals surface area contributed by atoms with Crippen LogP contribution in [0.15, 0.2) is 18.2 Å². The van der Waals surface area contributed by atoms with Crippen LogP contribution in [0, 0.1) is 22.0 Å². The summed E-state index contributed by atoms with van der Waals surface area (Å²) in [5, 5.41) is 11.1. The van der Waals surface area contributed by atoms with Crippen molar-refractivity contribution in [2.75, 3.05) is 31.1 Å². The third-order valence-corrected chi connectivity index (χ3v) is 4.83. The maximum absolute atomic E-state index is 12.9. The first-order chi connectivity index (χ1) is 13.3. The van der Waals surface area contributed by atoms with E-state index in [4.69, 9.17) is 6.11 Å². The molecular formula is C18H23F2N3O5. The minimum absolute atomic E-state index is 0.180. The number of alkyl halides is 2. The first-order valence-corrected chi connectivity index (χ1v) is 8.90. The van der Waals surface area contributed by atoms with E-state index in [0.717, 1.165) is 12.1 Å². The number of nitro benzene ring substituents is 1. The van der Waals surface area contributed by atoms with Crippen molar-refractivity contribution in [3.63, 3.8) is 0 Å². The van der Waals surface area contributed by atoms with Crippen LogP contribution in [-0.4, -0.2) is 54.3 Å². The lowest BCUT2D eigenvalue weighted by Gasteiger charge is -2.26. The number of rotatable bonds is 4. The third-order valence-electron chi connectivity index (χ3n) is 4.83. The van der Waals surface area contributed by atoms with E-state index < -0.39 is 28.5 Å². The zero-order valence-corrected chi connectivity index (χ0v) is 15.9. The fourth-order valence-electron chi connectivity index (χ4n) is 3.69. The molecule has 1 amide bonds. The van der Waals surface area contributed by atoms with Gasteiger partial charge in [-0.2, -0.15) is 8.78 Å². The molecule has 0 aliphatic carbocycles. The number of ether oxygens (including phenoxy) is 2. The molecule has 0 unspecified atom stereocenters. The molecule has 0 spiro atoms. The summed E-state index contributed by atoms with van der Waals surface area (Å²) >= 11 is 0. The topological polar surface area (TPSA) is 85.2 Å². The lowest BCUT2D eigenvalue weighted by molar-refractivity contribution is -0.386. The summed E-state index contributed by atoms with van der Waals surface area (Å²) in [5.41, 5.74) is -0.708. The summed E-state index contributed by atoms with van der Waals surface area (Å²) < 4.78 is 42.0. The number of likely N-dealkylation sites (tertiary alicyclic amines) is 1. The molecule has 2 aliphatic heterocycles. The Bertz CT molecular complexity index is 798. The third kappa shape index (κ3) is 4.42. The van der Waals surface area contributed by atoms with E-state index in [9.17, 15) is 23.7 Å². The second-order valence-corrected chi connectivity index (χ2v) is 8.05. The predicted molar refractivity (Wildman–Crippen MR) is 96.7 cm³/mol. The highest BCUT2D eigenvalue weighted by molar-refractivity contribution is 5.69. The van der Waals surface area contributed by atoms with Crippen LogP contribution in [0.2, 0.25) is 0 Å². The van der Waals surface area contributed by atoms with Gasteiger partial charge in [-0.25, -0.2) is 4.79 Å². The monoisotopic (exact) mass is 400 g/mol. The van der Waals surface area contributed by atoms with Gasteiger partial charge in [-0.05, 0) is 26.8 Å². The number of amides is 1. The number of benzene rings is 1. The normalized spacial score (nSPS) is 22.7. The Balaban J connectivity index is 1.70. The smallest absolute Gasteiger partial charge is 0.410 e. The van der Waals surface area contributed by atoms with Crippen molar-refractivity contribution in [3.05, 3.63) is 28.3 Å². The largest absolute Gasteiger partial charge is 0.444 e. The van der Waals surface area contributed by atoms with Crippen LogP contribution in [0.5, 0.6) is 5.75 Å². The molecular weight excluding hydrogens is 376 g/mol. The molecule has 0 aromatic heterocycles. The van der Waals surface area contributed by atoms with Crippen molar-refractivity contribution in [1.82, 2.24) is 4.90 Å². The number of halogens is 2. The fraction of sp³-hybridized carbons (Fsp3) is 0.611. The highest BCUT2D eigenvalue weighted by Crippen LogP contribution is 2.38. The fourth-order valence-corrected chi connectivity index (χ4v) is 3.69. The maximum Gasteiger partial charge on any atom is 0.410 e. The van der Waals surface area contributed by atoms with Gasteiger partial charge in [0.25, 0.3) is 0 Å². The molecule has 1 aromatic rings. The van der Waals surface area contributed by atoms with E-state index in [2.05, 4.69) is 4.74 Å². The summed E-state index contributed by atoms with van der Waals surface area (Å²) in [7, 11) is 0. The minimum Gasteiger partial charge on any atom is -0.444 e. The number of nitro groups is 1. The van der Waals surface area contributed by atoms with Crippen molar-refractivity contribution in [1.29, 1.82) is 0 Å². The molecule has 10 heteroatoms. The van der Waals surface area contributed by atoms with Gasteiger partial charge in [0.05, 0.1) is 4.92 Å². The molecule has 8 nitrogen and oxygen atoms in total. The standard InChI is InChI=1S/C18H23F2N3O5/c1-18(2,3)28-17(24)22-9-11-7-21(8-12(11)10-22)13-4-5-14(23(25)26)15(6-13)27-16(19)20/h4-6,11-12,16H,7-10H2,1-3H3/t11-,12+/i16D. The summed E-state index contributed by atoms with van der Waals surface area (Å²) in [6.07, 6.45) is -0.359. The number of carbonyl (C=O) groups excluding carboxylic acids is 1. The Morgan fingerprint density at radius 3 is 2.39 bits per heavy atom. The van der Waals surface area contributed by atoms with Crippen molar-refractivity contribution in [2.24, 2.45) is 11.8 Å². The Labute approximate surface area is 162 Å². The van der Waals surface area contributed by atoms with Gasteiger partial charge in [-0.3, -0.25) is 10.1 Å². The van der Waals surface area contributed by atoms with Gasteiger partial charge in [0.1, 0.15) is 5.60 Å². The molecule has 0 bridgehead atoms. The van der Waals surface area contributed by atoms with E-state index in [1.165, 1.54) is 6.07 Å². The summed E-state index contributed by atoms with van der Waals surface area (Å²) in [4.78, 5) is 26.1. The molecule has 0 saturated carbocycles. The first kappa shape index (κ1) is 18.7.